The van der Waals surface area contributed by atoms with Crippen molar-refractivity contribution < 1.29 is 14.1 Å². The summed E-state index contributed by atoms with van der Waals surface area (Å²) in [6, 6.07) is 7.73. The lowest BCUT2D eigenvalue weighted by Gasteiger charge is -2.33. The summed E-state index contributed by atoms with van der Waals surface area (Å²) in [4.78, 5) is 23.1. The van der Waals surface area contributed by atoms with Crippen molar-refractivity contribution in [2.24, 2.45) is 5.92 Å². The van der Waals surface area contributed by atoms with Crippen molar-refractivity contribution in [1.29, 1.82) is 0 Å². The topological polar surface area (TPSA) is 81.4 Å². The summed E-state index contributed by atoms with van der Waals surface area (Å²) in [5.74, 6) is 1.07. The number of ether oxygens (including phenoxy) is 1. The van der Waals surface area contributed by atoms with Crippen LogP contribution < -0.4 is 0 Å². The van der Waals surface area contributed by atoms with Gasteiger partial charge in [-0.15, -0.1) is 0 Å². The van der Waals surface area contributed by atoms with E-state index in [-0.39, 0.29) is 6.09 Å². The lowest BCUT2D eigenvalue weighted by Crippen LogP contribution is -2.42. The second kappa shape index (κ2) is 8.34. The van der Waals surface area contributed by atoms with Crippen molar-refractivity contribution in [3.05, 3.63) is 40.6 Å². The van der Waals surface area contributed by atoms with Gasteiger partial charge in [0.25, 0.3) is 0 Å². The van der Waals surface area contributed by atoms with Gasteiger partial charge in [0.1, 0.15) is 11.3 Å². The number of aromatic nitrogens is 3. The molecular weight excluding hydrogens is 448 g/mol. The Balaban J connectivity index is 1.37. The van der Waals surface area contributed by atoms with Crippen molar-refractivity contribution in [1.82, 2.24) is 20.0 Å². The molecule has 1 aromatic carbocycles. The molecule has 1 amide bonds. The number of halogens is 1. The number of amides is 1. The molecule has 0 N–H and O–H groups in total. The standard InChI is InChI=1S/C22H25BrN4O3/c1-22(2,3)29-21(28)27-8-6-14(7-9-27)10-16-12-20(30-26-16)19-13-24-17-5-4-15(23)11-18(17)25-19/h4-5,11-14H,6-10H2,1-3H3. The van der Waals surface area contributed by atoms with Crippen LogP contribution in [0, 0.1) is 5.92 Å². The van der Waals surface area contributed by atoms with Crippen molar-refractivity contribution in [3.8, 4) is 11.5 Å². The minimum atomic E-state index is -0.465. The van der Waals surface area contributed by atoms with Gasteiger partial charge in [0.15, 0.2) is 5.76 Å². The zero-order valence-corrected chi connectivity index (χ0v) is 19.0. The Morgan fingerprint density at radius 2 is 2.00 bits per heavy atom. The molecular formula is C22H25BrN4O3. The van der Waals surface area contributed by atoms with Crippen molar-refractivity contribution in [2.45, 2.75) is 45.6 Å². The Kier molecular flexibility index (Phi) is 5.77. The third-order valence-electron chi connectivity index (χ3n) is 5.08. The molecule has 0 bridgehead atoms. The molecule has 3 heterocycles. The van der Waals surface area contributed by atoms with Crippen molar-refractivity contribution >= 4 is 33.1 Å². The van der Waals surface area contributed by atoms with E-state index in [2.05, 4.69) is 31.1 Å². The van der Waals surface area contributed by atoms with Gasteiger partial charge in [0.2, 0.25) is 0 Å². The lowest BCUT2D eigenvalue weighted by molar-refractivity contribution is 0.0184. The second-order valence-electron chi connectivity index (χ2n) is 8.69. The SMILES string of the molecule is CC(C)(C)OC(=O)N1CCC(Cc2cc(-c3cnc4ccc(Br)cc4n3)on2)CC1. The summed E-state index contributed by atoms with van der Waals surface area (Å²) >= 11 is 3.46. The molecule has 7 nitrogen and oxygen atoms in total. The van der Waals surface area contributed by atoms with Crippen LogP contribution >= 0.6 is 15.9 Å². The van der Waals surface area contributed by atoms with Crippen LogP contribution in [0.3, 0.4) is 0 Å². The Morgan fingerprint density at radius 3 is 2.73 bits per heavy atom. The molecule has 1 fully saturated rings. The van der Waals surface area contributed by atoms with Crippen LogP contribution in [0.4, 0.5) is 4.79 Å². The highest BCUT2D eigenvalue weighted by Gasteiger charge is 2.27. The fraction of sp³-hybridized carbons (Fsp3) is 0.455. The van der Waals surface area contributed by atoms with E-state index < -0.39 is 5.60 Å². The zero-order chi connectivity index (χ0) is 21.3. The van der Waals surface area contributed by atoms with Gasteiger partial charge in [-0.05, 0) is 64.2 Å². The number of rotatable bonds is 3. The van der Waals surface area contributed by atoms with E-state index in [4.69, 9.17) is 9.26 Å². The Hall–Kier alpha value is -2.48. The summed E-state index contributed by atoms with van der Waals surface area (Å²) < 4.78 is 12.0. The molecule has 8 heteroatoms. The van der Waals surface area contributed by atoms with Crippen LogP contribution in [0.1, 0.15) is 39.3 Å². The van der Waals surface area contributed by atoms with Crippen LogP contribution in [0.2, 0.25) is 0 Å². The number of hydrogen-bond acceptors (Lipinski definition) is 6. The normalized spacial score (nSPS) is 15.5. The first kappa shape index (κ1) is 20.8. The molecule has 1 aliphatic rings. The van der Waals surface area contributed by atoms with Crippen LogP contribution in [-0.4, -0.2) is 44.8 Å². The second-order valence-corrected chi connectivity index (χ2v) is 9.60. The minimum Gasteiger partial charge on any atom is -0.444 e. The van der Waals surface area contributed by atoms with E-state index in [1.165, 1.54) is 0 Å². The van der Waals surface area contributed by atoms with Crippen LogP contribution in [0.25, 0.3) is 22.5 Å². The van der Waals surface area contributed by atoms with E-state index in [0.29, 0.717) is 30.5 Å². The summed E-state index contributed by atoms with van der Waals surface area (Å²) in [7, 11) is 0. The summed E-state index contributed by atoms with van der Waals surface area (Å²) in [6.45, 7) is 7.07. The smallest absolute Gasteiger partial charge is 0.410 e. The minimum absolute atomic E-state index is 0.230. The first-order valence-corrected chi connectivity index (χ1v) is 10.9. The largest absolute Gasteiger partial charge is 0.444 e. The maximum Gasteiger partial charge on any atom is 0.410 e. The molecule has 3 aromatic rings. The third-order valence-corrected chi connectivity index (χ3v) is 5.57. The van der Waals surface area contributed by atoms with Gasteiger partial charge in [0.05, 0.1) is 22.9 Å². The number of fused-ring (bicyclic) bond motifs is 1. The number of nitrogens with zero attached hydrogens (tertiary/aromatic N) is 4. The highest BCUT2D eigenvalue weighted by Crippen LogP contribution is 2.26. The van der Waals surface area contributed by atoms with Gasteiger partial charge < -0.3 is 14.2 Å². The highest BCUT2D eigenvalue weighted by molar-refractivity contribution is 9.10. The zero-order valence-electron chi connectivity index (χ0n) is 17.4. The third kappa shape index (κ3) is 4.98. The Labute approximate surface area is 183 Å². The Bertz CT molecular complexity index is 1050. The molecule has 0 unspecified atom stereocenters. The van der Waals surface area contributed by atoms with E-state index in [1.807, 2.05) is 45.0 Å². The molecule has 0 aliphatic carbocycles. The summed E-state index contributed by atoms with van der Waals surface area (Å²) in [5, 5.41) is 4.23. The predicted octanol–water partition coefficient (Wildman–Crippen LogP) is 5.24. The first-order valence-electron chi connectivity index (χ1n) is 10.1. The van der Waals surface area contributed by atoms with Gasteiger partial charge in [-0.25, -0.2) is 9.78 Å². The van der Waals surface area contributed by atoms with Gasteiger partial charge in [-0.1, -0.05) is 21.1 Å². The Morgan fingerprint density at radius 1 is 1.23 bits per heavy atom. The predicted molar refractivity (Wildman–Crippen MR) is 117 cm³/mol. The van der Waals surface area contributed by atoms with Crippen LogP contribution in [0.15, 0.2) is 39.5 Å². The molecule has 0 saturated carbocycles. The van der Waals surface area contributed by atoms with Crippen LogP contribution in [-0.2, 0) is 11.2 Å². The number of piperidine rings is 1. The van der Waals surface area contributed by atoms with Gasteiger partial charge >= 0.3 is 6.09 Å². The molecule has 0 radical (unpaired) electrons. The molecule has 0 spiro atoms. The maximum atomic E-state index is 12.2. The summed E-state index contributed by atoms with van der Waals surface area (Å²) in [5.41, 5.74) is 2.73. The molecule has 1 saturated heterocycles. The average molecular weight is 473 g/mol. The van der Waals surface area contributed by atoms with Gasteiger partial charge in [-0.3, -0.25) is 4.98 Å². The summed E-state index contributed by atoms with van der Waals surface area (Å²) in [6.07, 6.45) is 4.14. The molecule has 2 aromatic heterocycles. The number of likely N-dealkylation sites (tertiary alicyclic amines) is 1. The molecule has 158 valence electrons. The number of carbonyl (C=O) groups is 1. The van der Waals surface area contributed by atoms with Crippen molar-refractivity contribution in [3.63, 3.8) is 0 Å². The fourth-order valence-corrected chi connectivity index (χ4v) is 3.92. The molecule has 1 aliphatic heterocycles. The monoisotopic (exact) mass is 472 g/mol. The van der Waals surface area contributed by atoms with E-state index in [1.54, 1.807) is 11.1 Å². The van der Waals surface area contributed by atoms with E-state index in [0.717, 1.165) is 40.5 Å². The van der Waals surface area contributed by atoms with E-state index in [9.17, 15) is 4.79 Å². The molecule has 4 rings (SSSR count). The number of hydrogen-bond donors (Lipinski definition) is 0. The average Bonchev–Trinajstić information content (AvgIpc) is 3.15. The van der Waals surface area contributed by atoms with E-state index >= 15 is 0 Å². The number of benzene rings is 1. The van der Waals surface area contributed by atoms with Gasteiger partial charge in [-0.2, -0.15) is 0 Å². The highest BCUT2D eigenvalue weighted by atomic mass is 79.9. The number of carbonyl (C=O) groups excluding carboxylic acids is 1. The quantitative estimate of drug-likeness (QED) is 0.518. The van der Waals surface area contributed by atoms with Crippen LogP contribution in [0.5, 0.6) is 0 Å². The van der Waals surface area contributed by atoms with Gasteiger partial charge in [0, 0.05) is 23.6 Å². The fourth-order valence-electron chi connectivity index (χ4n) is 3.57. The molecule has 30 heavy (non-hydrogen) atoms. The lowest BCUT2D eigenvalue weighted by atomic mass is 9.92. The maximum absolute atomic E-state index is 12.2. The molecule has 0 atom stereocenters. The first-order chi connectivity index (χ1) is 14.3. The van der Waals surface area contributed by atoms with Crippen molar-refractivity contribution in [2.75, 3.05) is 13.1 Å².